The van der Waals surface area contributed by atoms with Crippen LogP contribution >= 0.6 is 0 Å². The first-order chi connectivity index (χ1) is 20.4. The molecule has 44 heavy (non-hydrogen) atoms. The van der Waals surface area contributed by atoms with Crippen LogP contribution in [-0.4, -0.2) is 44.8 Å². The van der Waals surface area contributed by atoms with Crippen LogP contribution in [0.2, 0.25) is 0 Å². The van der Waals surface area contributed by atoms with Gasteiger partial charge in [-0.3, -0.25) is 0 Å². The van der Waals surface area contributed by atoms with Gasteiger partial charge in [0.2, 0.25) is 0 Å². The van der Waals surface area contributed by atoms with Gasteiger partial charge in [-0.05, 0) is 66.5 Å². The molecule has 4 heteroatoms. The molecule has 4 rings (SSSR count). The summed E-state index contributed by atoms with van der Waals surface area (Å²) in [5.74, 6) is 0. The number of hydrogen-bond donors (Lipinski definition) is 2. The van der Waals surface area contributed by atoms with Gasteiger partial charge in [-0.15, -0.1) is 0 Å². The van der Waals surface area contributed by atoms with Crippen LogP contribution < -0.4 is 0 Å². The molecule has 6 atom stereocenters. The molecule has 4 heterocycles. The topological polar surface area (TPSA) is 58.9 Å². The highest BCUT2D eigenvalue weighted by Gasteiger charge is 2.68. The largest absolute Gasteiger partial charge is 0.387 e. The van der Waals surface area contributed by atoms with E-state index in [0.29, 0.717) is 12.8 Å². The average molecular weight is 601 g/mol. The molecule has 2 N–H and O–H groups in total. The van der Waals surface area contributed by atoms with Crippen molar-refractivity contribution in [2.24, 2.45) is 10.8 Å². The Morgan fingerprint density at radius 2 is 0.818 bits per heavy atom. The van der Waals surface area contributed by atoms with Crippen LogP contribution in [0, 0.1) is 10.8 Å². The van der Waals surface area contributed by atoms with E-state index in [1.54, 1.807) is 0 Å². The Bertz CT molecular complexity index is 1230. The molecule has 4 saturated heterocycles. The van der Waals surface area contributed by atoms with Gasteiger partial charge < -0.3 is 19.7 Å². The molecule has 4 aliphatic heterocycles. The molecular formula is C40H56O4. The lowest BCUT2D eigenvalue weighted by Crippen LogP contribution is -2.56. The van der Waals surface area contributed by atoms with Crippen molar-refractivity contribution in [1.82, 2.24) is 0 Å². The predicted octanol–water partition coefficient (Wildman–Crippen LogP) is 8.97. The van der Waals surface area contributed by atoms with Gasteiger partial charge in [0.25, 0.3) is 0 Å². The summed E-state index contributed by atoms with van der Waals surface area (Å²) in [5.41, 5.74) is 1.37. The van der Waals surface area contributed by atoms with Gasteiger partial charge in [-0.1, -0.05) is 123 Å². The van der Waals surface area contributed by atoms with Crippen molar-refractivity contribution in [2.75, 3.05) is 0 Å². The smallest absolute Gasteiger partial charge is 0.120 e. The van der Waals surface area contributed by atoms with E-state index in [1.807, 2.05) is 13.8 Å². The number of rotatable bonds is 10. The van der Waals surface area contributed by atoms with E-state index in [1.165, 1.54) is 0 Å². The fourth-order valence-electron chi connectivity index (χ4n) is 8.23. The quantitative estimate of drug-likeness (QED) is 0.246. The molecule has 0 aliphatic carbocycles. The summed E-state index contributed by atoms with van der Waals surface area (Å²) in [6.07, 6.45) is 32.7. The second-order valence-corrected chi connectivity index (χ2v) is 15.5. The Morgan fingerprint density at radius 3 is 1.14 bits per heavy atom. The Kier molecular flexibility index (Phi) is 9.66. The SMILES string of the molecule is CC(C=CC12OC(CC1(C)C)CC2(C)O)=CC=CC(C)=C/C=C/C=C(C)/C=C/C=C(C)/C=C/C12OC(CC1(C)C)CC2(C)O. The Hall–Kier alpha value is -2.50. The van der Waals surface area contributed by atoms with Crippen molar-refractivity contribution in [1.29, 1.82) is 0 Å². The molecule has 4 bridgehead atoms. The lowest BCUT2D eigenvalue weighted by Gasteiger charge is -2.46. The first-order valence-corrected chi connectivity index (χ1v) is 16.3. The van der Waals surface area contributed by atoms with E-state index in [2.05, 4.69) is 140 Å². The van der Waals surface area contributed by atoms with Gasteiger partial charge >= 0.3 is 0 Å². The van der Waals surface area contributed by atoms with Crippen LogP contribution in [0.4, 0.5) is 0 Å². The van der Waals surface area contributed by atoms with Crippen molar-refractivity contribution < 1.29 is 19.7 Å². The Labute approximate surface area is 267 Å². The monoisotopic (exact) mass is 600 g/mol. The number of ether oxygens (including phenoxy) is 2. The highest BCUT2D eigenvalue weighted by Crippen LogP contribution is 2.61. The minimum absolute atomic E-state index is 0.0983. The highest BCUT2D eigenvalue weighted by molar-refractivity contribution is 5.35. The maximum Gasteiger partial charge on any atom is 0.120 e. The molecule has 240 valence electrons. The van der Waals surface area contributed by atoms with Gasteiger partial charge in [0, 0.05) is 23.7 Å². The minimum Gasteiger partial charge on any atom is -0.387 e. The second-order valence-electron chi connectivity index (χ2n) is 15.5. The summed E-state index contributed by atoms with van der Waals surface area (Å²) in [6.45, 7) is 20.9. The van der Waals surface area contributed by atoms with Gasteiger partial charge in [0.1, 0.15) is 11.2 Å². The lowest BCUT2D eigenvalue weighted by molar-refractivity contribution is -0.115. The summed E-state index contributed by atoms with van der Waals surface area (Å²) < 4.78 is 12.6. The fraction of sp³-hybridized carbons (Fsp3) is 0.550. The third kappa shape index (κ3) is 6.56. The number of fused-ring (bicyclic) bond motifs is 4. The molecule has 0 aromatic heterocycles. The van der Waals surface area contributed by atoms with Crippen LogP contribution in [0.3, 0.4) is 0 Å². The van der Waals surface area contributed by atoms with Crippen LogP contribution in [-0.2, 0) is 9.47 Å². The molecule has 4 aliphatic rings. The van der Waals surface area contributed by atoms with Gasteiger partial charge in [-0.2, -0.15) is 0 Å². The summed E-state index contributed by atoms with van der Waals surface area (Å²) in [7, 11) is 0. The van der Waals surface area contributed by atoms with E-state index in [4.69, 9.17) is 9.47 Å². The Balaban J connectivity index is 1.28. The number of aliphatic hydroxyl groups is 2. The zero-order valence-corrected chi connectivity index (χ0v) is 28.8. The minimum atomic E-state index is -0.848. The van der Waals surface area contributed by atoms with Crippen LogP contribution in [0.1, 0.15) is 94.9 Å². The second kappa shape index (κ2) is 12.4. The van der Waals surface area contributed by atoms with Crippen molar-refractivity contribution in [3.8, 4) is 0 Å². The third-order valence-corrected chi connectivity index (χ3v) is 10.5. The van der Waals surface area contributed by atoms with Gasteiger partial charge in [0.05, 0.1) is 23.4 Å². The van der Waals surface area contributed by atoms with E-state index in [-0.39, 0.29) is 23.0 Å². The van der Waals surface area contributed by atoms with E-state index in [9.17, 15) is 10.2 Å². The van der Waals surface area contributed by atoms with Crippen LogP contribution in [0.5, 0.6) is 0 Å². The maximum atomic E-state index is 11.1. The fourth-order valence-corrected chi connectivity index (χ4v) is 8.23. The molecule has 0 radical (unpaired) electrons. The summed E-state index contributed by atoms with van der Waals surface area (Å²) in [6, 6.07) is 0. The Morgan fingerprint density at radius 1 is 0.500 bits per heavy atom. The molecule has 4 fully saturated rings. The van der Waals surface area contributed by atoms with Crippen molar-refractivity contribution in [3.05, 3.63) is 107 Å². The standard InChI is InChI=1S/C40H56O4/c1-29(17-13-19-31(3)21-23-39-35(5,6)25-33(43-39)27-37(39,9)41)15-11-12-16-30(2)18-14-20-32(4)22-24-40-36(7,8)26-34(44-40)28-38(40,10)42/h11-24,33-34,41-42H,25-28H2,1-10H3/b12-11+,17-13+,18-14?,23-21+,24-22?,29-15+,30-16?,31-19+,32-20?. The zero-order valence-electron chi connectivity index (χ0n) is 28.8. The van der Waals surface area contributed by atoms with E-state index >= 15 is 0 Å². The average Bonchev–Trinajstić information content (AvgIpc) is 3.50. The van der Waals surface area contributed by atoms with Gasteiger partial charge in [0.15, 0.2) is 0 Å². The summed E-state index contributed by atoms with van der Waals surface area (Å²) >= 11 is 0. The summed E-state index contributed by atoms with van der Waals surface area (Å²) in [4.78, 5) is 0. The van der Waals surface area contributed by atoms with E-state index in [0.717, 1.165) is 35.1 Å². The molecule has 0 saturated carbocycles. The molecule has 0 spiro atoms. The zero-order chi connectivity index (χ0) is 32.6. The van der Waals surface area contributed by atoms with Crippen LogP contribution in [0.25, 0.3) is 0 Å². The molecule has 0 aromatic rings. The normalized spacial score (nSPS) is 39.2. The lowest BCUT2D eigenvalue weighted by atomic mass is 9.61. The highest BCUT2D eigenvalue weighted by atomic mass is 16.6. The maximum absolute atomic E-state index is 11.1. The molecular weight excluding hydrogens is 544 g/mol. The number of hydrogen-bond acceptors (Lipinski definition) is 4. The summed E-state index contributed by atoms with van der Waals surface area (Å²) in [5, 5.41) is 22.2. The van der Waals surface area contributed by atoms with Gasteiger partial charge in [-0.25, -0.2) is 0 Å². The molecule has 0 aromatic carbocycles. The molecule has 0 amide bonds. The third-order valence-electron chi connectivity index (χ3n) is 10.5. The molecule has 4 nitrogen and oxygen atoms in total. The molecule has 6 unspecified atom stereocenters. The first kappa shape index (κ1) is 34.4. The first-order valence-electron chi connectivity index (χ1n) is 16.3. The number of allylic oxidation sites excluding steroid dienone is 16. The predicted molar refractivity (Wildman–Crippen MR) is 183 cm³/mol. The van der Waals surface area contributed by atoms with Crippen molar-refractivity contribution in [2.45, 2.75) is 130 Å². The van der Waals surface area contributed by atoms with Crippen molar-refractivity contribution >= 4 is 0 Å². The van der Waals surface area contributed by atoms with Crippen LogP contribution in [0.15, 0.2) is 107 Å². The van der Waals surface area contributed by atoms with E-state index < -0.39 is 22.4 Å². The van der Waals surface area contributed by atoms with Crippen molar-refractivity contribution in [3.63, 3.8) is 0 Å².